The van der Waals surface area contributed by atoms with Gasteiger partial charge in [0.2, 0.25) is 11.8 Å². The van der Waals surface area contributed by atoms with Crippen molar-refractivity contribution in [2.75, 3.05) is 6.61 Å². The molecule has 3 aliphatic heterocycles. The molecule has 5 aliphatic rings. The summed E-state index contributed by atoms with van der Waals surface area (Å²) in [6.45, 7) is 36.2. The molecule has 3 heterocycles. The van der Waals surface area contributed by atoms with E-state index in [1.807, 2.05) is 73.7 Å². The highest BCUT2D eigenvalue weighted by Gasteiger charge is 2.81. The summed E-state index contributed by atoms with van der Waals surface area (Å²) < 4.78 is 39.6. The Balaban J connectivity index is 0.000000227. The van der Waals surface area contributed by atoms with Crippen LogP contribution in [0.5, 0.6) is 0 Å². The zero-order valence-electron chi connectivity index (χ0n) is 48.8. The van der Waals surface area contributed by atoms with Crippen molar-refractivity contribution in [3.8, 4) is 0 Å². The second-order valence-electron chi connectivity index (χ2n) is 26.7. The molecule has 3 aromatic carbocycles. The summed E-state index contributed by atoms with van der Waals surface area (Å²) >= 11 is 0. The van der Waals surface area contributed by atoms with Crippen LogP contribution in [-0.2, 0) is 59.7 Å². The Labute approximate surface area is 462 Å². The van der Waals surface area contributed by atoms with Gasteiger partial charge in [0.25, 0.3) is 0 Å². The number of fused-ring (bicyclic) bond motifs is 2. The van der Waals surface area contributed by atoms with E-state index in [2.05, 4.69) is 107 Å². The summed E-state index contributed by atoms with van der Waals surface area (Å²) in [5.41, 5.74) is -2.42. The van der Waals surface area contributed by atoms with E-state index in [4.69, 9.17) is 36.9 Å². The van der Waals surface area contributed by atoms with Crippen molar-refractivity contribution < 1.29 is 61.4 Å². The Morgan fingerprint density at radius 2 is 1.05 bits per heavy atom. The highest BCUT2D eigenvalue weighted by atomic mass is 28.4. The van der Waals surface area contributed by atoms with Gasteiger partial charge in [0.15, 0.2) is 33.3 Å². The predicted octanol–water partition coefficient (Wildman–Crippen LogP) is 10.5. The molecule has 424 valence electrons. The van der Waals surface area contributed by atoms with Gasteiger partial charge in [0, 0.05) is 0 Å². The Morgan fingerprint density at radius 1 is 0.597 bits per heavy atom. The van der Waals surface area contributed by atoms with E-state index in [-0.39, 0.29) is 60.7 Å². The quantitative estimate of drug-likeness (QED) is 0.0405. The monoisotopic (exact) mass is 1130 g/mol. The summed E-state index contributed by atoms with van der Waals surface area (Å²) in [4.78, 5) is 51.3. The van der Waals surface area contributed by atoms with Crippen molar-refractivity contribution in [3.05, 3.63) is 120 Å². The fourth-order valence-electron chi connectivity index (χ4n) is 10.1. The van der Waals surface area contributed by atoms with E-state index in [1.54, 1.807) is 36.4 Å². The van der Waals surface area contributed by atoms with Crippen molar-refractivity contribution in [1.29, 1.82) is 0 Å². The molecule has 0 bridgehead atoms. The van der Waals surface area contributed by atoms with Crippen molar-refractivity contribution >= 4 is 51.1 Å². The summed E-state index contributed by atoms with van der Waals surface area (Å²) in [5, 5.41) is 26.9. The van der Waals surface area contributed by atoms with Crippen LogP contribution in [-0.4, -0.2) is 137 Å². The molecule has 4 fully saturated rings. The Bertz CT molecular complexity index is 2580. The van der Waals surface area contributed by atoms with Crippen LogP contribution in [0.4, 0.5) is 0 Å². The first-order valence-corrected chi connectivity index (χ1v) is 39.9. The van der Waals surface area contributed by atoms with Crippen molar-refractivity contribution in [3.63, 3.8) is 0 Å². The topological polar surface area (TPSA) is 175 Å². The number of esters is 1. The van der Waals surface area contributed by atoms with Crippen LogP contribution in [0.3, 0.4) is 0 Å². The molecular formula is C58H88N2O13Si4. The maximum absolute atomic E-state index is 13.1. The molecule has 0 aromatic heterocycles. The summed E-state index contributed by atoms with van der Waals surface area (Å²) in [7, 11) is -9.25. The zero-order valence-corrected chi connectivity index (χ0v) is 52.8. The number of hydrogen-bond donors (Lipinski definition) is 2. The largest absolute Gasteiger partial charge is 0.459 e. The number of hydroxylamine groups is 4. The third-order valence-electron chi connectivity index (χ3n) is 16.6. The molecule has 8 rings (SSSR count). The lowest BCUT2D eigenvalue weighted by Crippen LogP contribution is -2.81. The highest BCUT2D eigenvalue weighted by molar-refractivity contribution is 6.74. The van der Waals surface area contributed by atoms with Crippen LogP contribution in [0.25, 0.3) is 0 Å². The first-order valence-electron chi connectivity index (χ1n) is 27.3. The van der Waals surface area contributed by atoms with Gasteiger partial charge in [-0.1, -0.05) is 133 Å². The molecule has 77 heavy (non-hydrogen) atoms. The number of β-lactam (4-membered cyclic amide) rings is 2. The number of nitrogens with zero attached hydrogens (tertiary/aromatic N) is 2. The van der Waals surface area contributed by atoms with E-state index in [0.717, 1.165) is 11.1 Å². The average Bonchev–Trinajstić information content (AvgIpc) is 4.21. The molecule has 0 unspecified atom stereocenters. The fourth-order valence-corrected chi connectivity index (χ4v) is 15.0. The molecule has 2 spiro atoms. The van der Waals surface area contributed by atoms with E-state index in [0.29, 0.717) is 12.0 Å². The molecule has 15 nitrogen and oxygen atoms in total. The predicted molar refractivity (Wildman–Crippen MR) is 306 cm³/mol. The van der Waals surface area contributed by atoms with E-state index in [1.165, 1.54) is 10.1 Å². The first-order chi connectivity index (χ1) is 35.5. The summed E-state index contributed by atoms with van der Waals surface area (Å²) in [6, 6.07) is 28.1. The maximum atomic E-state index is 13.1. The molecule has 1 saturated carbocycles. The van der Waals surface area contributed by atoms with Crippen LogP contribution in [0.1, 0.15) is 89.2 Å². The molecule has 0 radical (unpaired) electrons. The molecular weight excluding hydrogens is 1040 g/mol. The number of ether oxygens (including phenoxy) is 2. The molecule has 3 aromatic rings. The molecule has 2 aliphatic carbocycles. The van der Waals surface area contributed by atoms with Crippen LogP contribution < -0.4 is 0 Å². The van der Waals surface area contributed by atoms with E-state index >= 15 is 0 Å². The second-order valence-corrected chi connectivity index (χ2v) is 45.2. The SMILES string of the molecule is CC(C)(C)[Si](C)(C)O[C@H]1[C@@H](O[Si](C)(C)C)[C@]2(C=C[C@@]1(O)COC(=O)c1ccccc1)CC(=O)N2OCc1ccccc1.CC[C@]1(O)[C@H]2O[C@H]2[C@]2(CC(=O)N2OCc2ccccc2)[C@H](O[Si](C)(C)C)[C@@H]1O[Si](C)(C)C(C)(C)C. The zero-order chi connectivity index (χ0) is 57.0. The third kappa shape index (κ3) is 12.6. The van der Waals surface area contributed by atoms with Crippen LogP contribution >= 0.6 is 0 Å². The summed E-state index contributed by atoms with van der Waals surface area (Å²) in [6.07, 6.45) is 0.636. The minimum atomic E-state index is -2.52. The lowest BCUT2D eigenvalue weighted by Gasteiger charge is -2.61. The van der Waals surface area contributed by atoms with Gasteiger partial charge < -0.3 is 37.4 Å². The normalized spacial score (nSPS) is 30.3. The van der Waals surface area contributed by atoms with Gasteiger partial charge in [-0.2, -0.15) is 0 Å². The van der Waals surface area contributed by atoms with Crippen LogP contribution in [0, 0.1) is 0 Å². The Hall–Kier alpha value is -3.68. The Kier molecular flexibility index (Phi) is 17.4. The maximum Gasteiger partial charge on any atom is 0.338 e. The van der Waals surface area contributed by atoms with Gasteiger partial charge in [0.1, 0.15) is 78.7 Å². The van der Waals surface area contributed by atoms with E-state index in [9.17, 15) is 24.6 Å². The number of benzene rings is 3. The number of carbonyl (C=O) groups is 3. The van der Waals surface area contributed by atoms with Crippen molar-refractivity contribution in [2.45, 2.75) is 215 Å². The lowest BCUT2D eigenvalue weighted by molar-refractivity contribution is -0.302. The highest BCUT2D eigenvalue weighted by Crippen LogP contribution is 2.60. The molecule has 19 heteroatoms. The van der Waals surface area contributed by atoms with Gasteiger partial charge in [-0.15, -0.1) is 0 Å². The van der Waals surface area contributed by atoms with Crippen LogP contribution in [0.15, 0.2) is 103 Å². The van der Waals surface area contributed by atoms with Gasteiger partial charge in [0.05, 0.1) is 18.4 Å². The second kappa shape index (κ2) is 22.0. The summed E-state index contributed by atoms with van der Waals surface area (Å²) in [5.74, 6) is -0.808. The molecule has 2 N–H and O–H groups in total. The first kappa shape index (κ1) is 60.9. The van der Waals surface area contributed by atoms with Crippen LogP contribution in [0.2, 0.25) is 75.5 Å². The number of hydrogen-bond acceptors (Lipinski definition) is 13. The Morgan fingerprint density at radius 3 is 1.51 bits per heavy atom. The standard InChI is InChI=1S/C32H45NO7Si2.C26H43NO6Si2/c1-30(2,3)42(7,8)40-28-27(39-41(4,5)6)31(21-26(34)33(31)38-22-24-15-11-9-12-16-24)19-20-32(28,36)23-37-29(35)25-17-13-10-14-18-25;1-10-26(29)22-20(31-22)25(16-19(28)27(25)30-17-18-14-12-11-13-15-18)21(32-34(5,6)7)23(26)33-35(8,9)24(2,3)4/h9-20,27-28,36H,21-23H2,1-8H3;11-15,20-23,29H,10,16-17H2,1-9H3/t27-,28+,31+,32-;20-,21-,22+,23+,25-,26+/m11/s1. The van der Waals surface area contributed by atoms with Gasteiger partial charge in [-0.3, -0.25) is 19.3 Å². The third-order valence-corrected chi connectivity index (χ3v) is 27.4. The number of amides is 2. The fraction of sp³-hybridized carbons (Fsp3) is 0.603. The molecule has 3 saturated heterocycles. The lowest BCUT2D eigenvalue weighted by atomic mass is 9.64. The smallest absolute Gasteiger partial charge is 0.338 e. The van der Waals surface area contributed by atoms with Gasteiger partial charge in [-0.05, 0) is 111 Å². The average molecular weight is 1130 g/mol. The minimum absolute atomic E-state index is 0.0568. The van der Waals surface area contributed by atoms with Gasteiger partial charge >= 0.3 is 5.97 Å². The van der Waals surface area contributed by atoms with Gasteiger partial charge in [-0.25, -0.2) is 14.9 Å². The molecule has 2 amide bonds. The minimum Gasteiger partial charge on any atom is -0.459 e. The molecule has 10 atom stereocenters. The van der Waals surface area contributed by atoms with E-state index < -0.39 is 92.0 Å². The van der Waals surface area contributed by atoms with Crippen molar-refractivity contribution in [1.82, 2.24) is 10.1 Å². The number of rotatable bonds is 18. The number of epoxide rings is 1. The number of aliphatic hydroxyl groups is 2. The number of carbonyl (C=O) groups excluding carboxylic acids is 3. The van der Waals surface area contributed by atoms with Crippen molar-refractivity contribution in [2.24, 2.45) is 0 Å².